The SMILES string of the molecule is C=CC.CCCCCCCC/C=C\CCCCCCCC(=O)OCCO. The van der Waals surface area contributed by atoms with E-state index in [0.717, 1.165) is 12.8 Å². The van der Waals surface area contributed by atoms with E-state index in [0.29, 0.717) is 6.42 Å². The van der Waals surface area contributed by atoms with Crippen molar-refractivity contribution in [1.82, 2.24) is 0 Å². The van der Waals surface area contributed by atoms with Gasteiger partial charge in [-0.25, -0.2) is 0 Å². The number of ether oxygens (including phenoxy) is 1. The van der Waals surface area contributed by atoms with Crippen molar-refractivity contribution >= 4 is 5.97 Å². The summed E-state index contributed by atoms with van der Waals surface area (Å²) in [5.74, 6) is -0.184. The fourth-order valence-corrected chi connectivity index (χ4v) is 2.57. The summed E-state index contributed by atoms with van der Waals surface area (Å²) in [4.78, 5) is 11.2. The largest absolute Gasteiger partial charge is 0.463 e. The lowest BCUT2D eigenvalue weighted by molar-refractivity contribution is -0.144. The van der Waals surface area contributed by atoms with E-state index in [1.54, 1.807) is 6.08 Å². The van der Waals surface area contributed by atoms with Crippen molar-refractivity contribution in [3.63, 3.8) is 0 Å². The maximum absolute atomic E-state index is 11.2. The topological polar surface area (TPSA) is 46.5 Å². The number of rotatable bonds is 17. The van der Waals surface area contributed by atoms with Gasteiger partial charge in [0.25, 0.3) is 0 Å². The van der Waals surface area contributed by atoms with Gasteiger partial charge in [-0.1, -0.05) is 76.5 Å². The van der Waals surface area contributed by atoms with E-state index in [1.165, 1.54) is 70.6 Å². The smallest absolute Gasteiger partial charge is 0.305 e. The second-order valence-electron chi connectivity index (χ2n) is 6.69. The predicted octanol–water partition coefficient (Wildman–Crippen LogP) is 6.75. The number of allylic oxidation sites excluding steroid dienone is 3. The summed E-state index contributed by atoms with van der Waals surface area (Å²) >= 11 is 0. The molecule has 0 saturated carbocycles. The molecule has 0 atom stereocenters. The third kappa shape index (κ3) is 27.7. The van der Waals surface area contributed by atoms with Gasteiger partial charge in [0.15, 0.2) is 0 Å². The lowest BCUT2D eigenvalue weighted by Gasteiger charge is -2.02. The fourth-order valence-electron chi connectivity index (χ4n) is 2.57. The molecule has 0 aromatic carbocycles. The van der Waals surface area contributed by atoms with E-state index in [9.17, 15) is 4.79 Å². The molecule has 0 radical (unpaired) electrons. The number of hydrogen-bond acceptors (Lipinski definition) is 3. The van der Waals surface area contributed by atoms with Crippen molar-refractivity contribution in [2.45, 2.75) is 104 Å². The summed E-state index contributed by atoms with van der Waals surface area (Å²) < 4.78 is 4.81. The molecule has 0 aliphatic rings. The average molecular weight is 369 g/mol. The van der Waals surface area contributed by atoms with E-state index < -0.39 is 0 Å². The van der Waals surface area contributed by atoms with Crippen LogP contribution in [0.5, 0.6) is 0 Å². The molecule has 154 valence electrons. The molecule has 3 nitrogen and oxygen atoms in total. The van der Waals surface area contributed by atoms with Gasteiger partial charge in [0, 0.05) is 6.42 Å². The highest BCUT2D eigenvalue weighted by atomic mass is 16.5. The Hall–Kier alpha value is -1.09. The van der Waals surface area contributed by atoms with Crippen LogP contribution in [0.3, 0.4) is 0 Å². The van der Waals surface area contributed by atoms with E-state index in [2.05, 4.69) is 25.7 Å². The van der Waals surface area contributed by atoms with Crippen LogP contribution in [0.1, 0.15) is 104 Å². The van der Waals surface area contributed by atoms with Gasteiger partial charge >= 0.3 is 5.97 Å². The third-order valence-corrected chi connectivity index (χ3v) is 4.00. The summed E-state index contributed by atoms with van der Waals surface area (Å²) in [6.45, 7) is 7.55. The monoisotopic (exact) mass is 368 g/mol. The standard InChI is InChI=1S/C20H38O3.C3H6/c1-2-3-4-5-6-7-8-9-10-11-12-13-14-15-16-17-20(22)23-19-18-21;1-3-2/h9-10,21H,2-8,11-19H2,1H3;3H,1H2,2H3/b10-9-;. The van der Waals surface area contributed by atoms with Crippen LogP contribution in [0.2, 0.25) is 0 Å². The van der Waals surface area contributed by atoms with E-state index in [-0.39, 0.29) is 19.2 Å². The highest BCUT2D eigenvalue weighted by Crippen LogP contribution is 2.10. The molecule has 0 aromatic rings. The van der Waals surface area contributed by atoms with Crippen LogP contribution in [-0.2, 0) is 9.53 Å². The zero-order valence-electron chi connectivity index (χ0n) is 17.5. The quantitative estimate of drug-likeness (QED) is 0.175. The van der Waals surface area contributed by atoms with E-state index in [1.807, 2.05) is 6.92 Å². The van der Waals surface area contributed by atoms with Gasteiger partial charge in [0.1, 0.15) is 6.61 Å². The highest BCUT2D eigenvalue weighted by molar-refractivity contribution is 5.69. The van der Waals surface area contributed by atoms with Crippen LogP contribution in [0, 0.1) is 0 Å². The van der Waals surface area contributed by atoms with Crippen molar-refractivity contribution in [2.24, 2.45) is 0 Å². The zero-order valence-corrected chi connectivity index (χ0v) is 17.5. The zero-order chi connectivity index (χ0) is 19.7. The van der Waals surface area contributed by atoms with Crippen LogP contribution in [0.15, 0.2) is 24.8 Å². The third-order valence-electron chi connectivity index (χ3n) is 4.00. The first-order chi connectivity index (χ1) is 12.7. The molecule has 26 heavy (non-hydrogen) atoms. The van der Waals surface area contributed by atoms with Crippen molar-refractivity contribution in [3.05, 3.63) is 24.8 Å². The first-order valence-electron chi connectivity index (χ1n) is 10.7. The molecule has 0 heterocycles. The number of carbonyl (C=O) groups is 1. The predicted molar refractivity (Wildman–Crippen MR) is 113 cm³/mol. The highest BCUT2D eigenvalue weighted by Gasteiger charge is 2.01. The number of esters is 1. The summed E-state index contributed by atoms with van der Waals surface area (Å²) in [6.07, 6.45) is 23.3. The fraction of sp³-hybridized carbons (Fsp3) is 0.783. The Labute approximate surface area is 162 Å². The Kier molecular flexibility index (Phi) is 27.3. The number of aliphatic hydroxyl groups is 1. The maximum Gasteiger partial charge on any atom is 0.305 e. The Balaban J connectivity index is 0. The van der Waals surface area contributed by atoms with Crippen LogP contribution in [-0.4, -0.2) is 24.3 Å². The van der Waals surface area contributed by atoms with E-state index >= 15 is 0 Å². The molecule has 1 N–H and O–H groups in total. The molecule has 0 amide bonds. The maximum atomic E-state index is 11.2. The van der Waals surface area contributed by atoms with Crippen molar-refractivity contribution < 1.29 is 14.6 Å². The molecular weight excluding hydrogens is 324 g/mol. The van der Waals surface area contributed by atoms with Crippen molar-refractivity contribution in [2.75, 3.05) is 13.2 Å². The second-order valence-corrected chi connectivity index (χ2v) is 6.69. The van der Waals surface area contributed by atoms with E-state index in [4.69, 9.17) is 9.84 Å². The minimum absolute atomic E-state index is 0.0852. The molecule has 0 rings (SSSR count). The molecule has 3 heteroatoms. The van der Waals surface area contributed by atoms with Crippen LogP contribution in [0.25, 0.3) is 0 Å². The summed E-state index contributed by atoms with van der Waals surface area (Å²) in [5, 5.41) is 8.54. The molecule has 0 unspecified atom stereocenters. The van der Waals surface area contributed by atoms with Crippen LogP contribution >= 0.6 is 0 Å². The summed E-state index contributed by atoms with van der Waals surface area (Å²) in [5.41, 5.74) is 0. The number of carbonyl (C=O) groups excluding carboxylic acids is 1. The van der Waals surface area contributed by atoms with Crippen LogP contribution in [0.4, 0.5) is 0 Å². The minimum atomic E-state index is -0.184. The molecule has 0 spiro atoms. The second kappa shape index (κ2) is 26.1. The Bertz CT molecular complexity index is 311. The first kappa shape index (κ1) is 27.1. The van der Waals surface area contributed by atoms with Gasteiger partial charge in [-0.15, -0.1) is 6.58 Å². The van der Waals surface area contributed by atoms with Crippen molar-refractivity contribution in [3.8, 4) is 0 Å². The molecule has 0 aliphatic carbocycles. The van der Waals surface area contributed by atoms with Gasteiger partial charge < -0.3 is 9.84 Å². The summed E-state index contributed by atoms with van der Waals surface area (Å²) in [6, 6.07) is 0. The molecule has 0 aromatic heterocycles. The molecule has 0 fully saturated rings. The number of unbranched alkanes of at least 4 members (excludes halogenated alkanes) is 11. The lowest BCUT2D eigenvalue weighted by atomic mass is 10.1. The molecule has 0 saturated heterocycles. The first-order valence-corrected chi connectivity index (χ1v) is 10.7. The van der Waals surface area contributed by atoms with Gasteiger partial charge in [-0.2, -0.15) is 0 Å². The summed E-state index contributed by atoms with van der Waals surface area (Å²) in [7, 11) is 0. The van der Waals surface area contributed by atoms with Gasteiger partial charge in [0.05, 0.1) is 6.61 Å². The Morgan fingerprint density at radius 2 is 1.35 bits per heavy atom. The molecule has 0 aliphatic heterocycles. The van der Waals surface area contributed by atoms with Crippen molar-refractivity contribution in [1.29, 1.82) is 0 Å². The van der Waals surface area contributed by atoms with Crippen LogP contribution < -0.4 is 0 Å². The lowest BCUT2D eigenvalue weighted by Crippen LogP contribution is -2.07. The van der Waals surface area contributed by atoms with Gasteiger partial charge in [0.2, 0.25) is 0 Å². The average Bonchev–Trinajstić information content (AvgIpc) is 2.64. The Morgan fingerprint density at radius 3 is 1.85 bits per heavy atom. The minimum Gasteiger partial charge on any atom is -0.463 e. The molecular formula is C23H44O3. The van der Waals surface area contributed by atoms with Gasteiger partial charge in [-0.05, 0) is 39.0 Å². The van der Waals surface area contributed by atoms with Gasteiger partial charge in [-0.3, -0.25) is 4.79 Å². The normalized spacial score (nSPS) is 10.4. The number of hydrogen-bond donors (Lipinski definition) is 1. The Morgan fingerprint density at radius 1 is 0.885 bits per heavy atom. The molecule has 0 bridgehead atoms. The number of aliphatic hydroxyl groups excluding tert-OH is 1.